The molecular formula is C8H11NS. The predicted octanol–water partition coefficient (Wildman–Crippen LogP) is 2.96. The van der Waals surface area contributed by atoms with Crippen LogP contribution in [0.4, 0.5) is 0 Å². The Bertz CT molecular complexity index is 189. The molecule has 1 nitrogen and oxygen atoms in total. The molecule has 0 aliphatic rings. The Kier molecular flexibility index (Phi) is 3.16. The molecule has 1 heterocycles. The topological polar surface area (TPSA) is 12.9 Å². The van der Waals surface area contributed by atoms with Crippen LogP contribution < -0.4 is 0 Å². The van der Waals surface area contributed by atoms with E-state index in [0.717, 1.165) is 11.4 Å². The number of unbranched alkanes of at least 4 members (excludes halogenated alkanes) is 1. The number of hydrogen-bond acceptors (Lipinski definition) is 2. The number of hydrogen-bond donors (Lipinski definition) is 0. The van der Waals surface area contributed by atoms with Gasteiger partial charge in [0.2, 0.25) is 0 Å². The van der Waals surface area contributed by atoms with E-state index in [1.54, 1.807) is 11.3 Å². The van der Waals surface area contributed by atoms with E-state index in [1.807, 2.05) is 11.6 Å². The number of allylic oxidation sites excluding steroid dienone is 1. The summed E-state index contributed by atoms with van der Waals surface area (Å²) < 4.78 is 0. The van der Waals surface area contributed by atoms with Crippen molar-refractivity contribution in [2.24, 2.45) is 0 Å². The van der Waals surface area contributed by atoms with Crippen LogP contribution in [0.15, 0.2) is 17.7 Å². The Labute approximate surface area is 65.4 Å². The molecule has 10 heavy (non-hydrogen) atoms. The maximum Gasteiger partial charge on any atom is 0.115 e. The fraction of sp³-hybridized carbons (Fsp3) is 0.375. The lowest BCUT2D eigenvalue weighted by Crippen LogP contribution is -1.65. The lowest BCUT2D eigenvalue weighted by atomic mass is 10.3. The zero-order valence-corrected chi connectivity index (χ0v) is 6.90. The van der Waals surface area contributed by atoms with Crippen LogP contribution in [0.3, 0.4) is 0 Å². The molecule has 0 spiro atoms. The summed E-state index contributed by atoms with van der Waals surface area (Å²) in [5.74, 6) is 0. The van der Waals surface area contributed by atoms with Gasteiger partial charge >= 0.3 is 0 Å². The van der Waals surface area contributed by atoms with Gasteiger partial charge in [0.25, 0.3) is 0 Å². The number of nitrogens with zero attached hydrogens (tertiary/aromatic N) is 1. The maximum absolute atomic E-state index is 4.12. The lowest BCUT2D eigenvalue weighted by Gasteiger charge is -1.81. The molecule has 0 aliphatic heterocycles. The zero-order valence-electron chi connectivity index (χ0n) is 6.08. The second-order valence-electron chi connectivity index (χ2n) is 2.06. The summed E-state index contributed by atoms with van der Waals surface area (Å²) in [5, 5.41) is 3.10. The van der Waals surface area contributed by atoms with Gasteiger partial charge in [0.05, 0.1) is 0 Å². The standard InChI is InChI=1S/C8H11NS/c1-2-3-4-5-8-9-6-7-10-8/h4-7H,2-3H2,1H3/b5-4+. The molecule has 54 valence electrons. The predicted molar refractivity (Wildman–Crippen MR) is 46.1 cm³/mol. The average molecular weight is 153 g/mol. The van der Waals surface area contributed by atoms with E-state index in [4.69, 9.17) is 0 Å². The van der Waals surface area contributed by atoms with E-state index in [1.165, 1.54) is 6.42 Å². The molecule has 0 amide bonds. The van der Waals surface area contributed by atoms with Crippen LogP contribution in [0.25, 0.3) is 6.08 Å². The first-order valence-electron chi connectivity index (χ1n) is 3.49. The SMILES string of the molecule is CCC/C=C/c1nccs1. The molecule has 0 saturated carbocycles. The van der Waals surface area contributed by atoms with Crippen LogP contribution in [0.2, 0.25) is 0 Å². The Hall–Kier alpha value is -0.630. The molecule has 0 atom stereocenters. The maximum atomic E-state index is 4.12. The second kappa shape index (κ2) is 4.23. The van der Waals surface area contributed by atoms with Crippen molar-refractivity contribution in [2.45, 2.75) is 19.8 Å². The number of aromatic nitrogens is 1. The van der Waals surface area contributed by atoms with Crippen LogP contribution in [0.1, 0.15) is 24.8 Å². The smallest absolute Gasteiger partial charge is 0.115 e. The van der Waals surface area contributed by atoms with Gasteiger partial charge in [0.1, 0.15) is 5.01 Å². The summed E-state index contributed by atoms with van der Waals surface area (Å²) in [6.45, 7) is 2.17. The average Bonchev–Trinajstić information content (AvgIpc) is 2.41. The zero-order chi connectivity index (χ0) is 7.23. The van der Waals surface area contributed by atoms with Crippen LogP contribution in [-0.4, -0.2) is 4.98 Å². The second-order valence-corrected chi connectivity index (χ2v) is 2.99. The molecular weight excluding hydrogens is 142 g/mol. The number of thiazole rings is 1. The largest absolute Gasteiger partial charge is 0.245 e. The van der Waals surface area contributed by atoms with Crippen LogP contribution >= 0.6 is 11.3 Å². The minimum atomic E-state index is 1.11. The van der Waals surface area contributed by atoms with Gasteiger partial charge in [0, 0.05) is 11.6 Å². The van der Waals surface area contributed by atoms with E-state index in [-0.39, 0.29) is 0 Å². The van der Waals surface area contributed by atoms with Crippen LogP contribution in [0, 0.1) is 0 Å². The lowest BCUT2D eigenvalue weighted by molar-refractivity contribution is 0.962. The Balaban J connectivity index is 2.40. The minimum absolute atomic E-state index is 1.11. The van der Waals surface area contributed by atoms with Gasteiger partial charge in [-0.2, -0.15) is 0 Å². The highest BCUT2D eigenvalue weighted by Crippen LogP contribution is 2.06. The Morgan fingerprint density at radius 3 is 3.20 bits per heavy atom. The van der Waals surface area contributed by atoms with Gasteiger partial charge in [-0.05, 0) is 12.5 Å². The molecule has 0 bridgehead atoms. The van der Waals surface area contributed by atoms with Crippen molar-refractivity contribution >= 4 is 17.4 Å². The van der Waals surface area contributed by atoms with Crippen molar-refractivity contribution in [3.63, 3.8) is 0 Å². The van der Waals surface area contributed by atoms with Gasteiger partial charge in [-0.1, -0.05) is 19.4 Å². The summed E-state index contributed by atoms with van der Waals surface area (Å²) in [6.07, 6.45) is 8.44. The van der Waals surface area contributed by atoms with E-state index in [0.29, 0.717) is 0 Å². The molecule has 0 N–H and O–H groups in total. The summed E-state index contributed by atoms with van der Waals surface area (Å²) in [7, 11) is 0. The van der Waals surface area contributed by atoms with E-state index >= 15 is 0 Å². The summed E-state index contributed by atoms with van der Waals surface area (Å²) in [6, 6.07) is 0. The van der Waals surface area contributed by atoms with Crippen molar-refractivity contribution in [2.75, 3.05) is 0 Å². The van der Waals surface area contributed by atoms with E-state index < -0.39 is 0 Å². The first-order chi connectivity index (χ1) is 4.93. The van der Waals surface area contributed by atoms with Gasteiger partial charge in [-0.15, -0.1) is 11.3 Å². The van der Waals surface area contributed by atoms with Crippen molar-refractivity contribution in [1.82, 2.24) is 4.98 Å². The normalized spacial score (nSPS) is 10.9. The quantitative estimate of drug-likeness (QED) is 0.650. The molecule has 0 saturated heterocycles. The molecule has 1 aromatic rings. The molecule has 0 aliphatic carbocycles. The monoisotopic (exact) mass is 153 g/mol. The van der Waals surface area contributed by atoms with Crippen molar-refractivity contribution < 1.29 is 0 Å². The van der Waals surface area contributed by atoms with Gasteiger partial charge in [0.15, 0.2) is 0 Å². The molecule has 1 aromatic heterocycles. The molecule has 1 rings (SSSR count). The third kappa shape index (κ3) is 2.31. The number of rotatable bonds is 3. The molecule has 0 radical (unpaired) electrons. The first-order valence-corrected chi connectivity index (χ1v) is 4.37. The molecule has 2 heteroatoms. The highest BCUT2D eigenvalue weighted by molar-refractivity contribution is 7.10. The van der Waals surface area contributed by atoms with Gasteiger partial charge in [-0.25, -0.2) is 4.98 Å². The van der Waals surface area contributed by atoms with Crippen LogP contribution in [0.5, 0.6) is 0 Å². The summed E-state index contributed by atoms with van der Waals surface area (Å²) >= 11 is 1.68. The Morgan fingerprint density at radius 2 is 2.60 bits per heavy atom. The van der Waals surface area contributed by atoms with Gasteiger partial charge < -0.3 is 0 Å². The van der Waals surface area contributed by atoms with Gasteiger partial charge in [-0.3, -0.25) is 0 Å². The third-order valence-electron chi connectivity index (χ3n) is 1.17. The minimum Gasteiger partial charge on any atom is -0.245 e. The van der Waals surface area contributed by atoms with Crippen molar-refractivity contribution in [3.8, 4) is 0 Å². The summed E-state index contributed by atoms with van der Waals surface area (Å²) in [4.78, 5) is 4.12. The highest BCUT2D eigenvalue weighted by atomic mass is 32.1. The van der Waals surface area contributed by atoms with Crippen LogP contribution in [-0.2, 0) is 0 Å². The fourth-order valence-electron chi connectivity index (χ4n) is 0.668. The van der Waals surface area contributed by atoms with Crippen molar-refractivity contribution in [1.29, 1.82) is 0 Å². The first kappa shape index (κ1) is 7.48. The molecule has 0 aromatic carbocycles. The molecule has 0 fully saturated rings. The van der Waals surface area contributed by atoms with E-state index in [9.17, 15) is 0 Å². The highest BCUT2D eigenvalue weighted by Gasteiger charge is 1.84. The third-order valence-corrected chi connectivity index (χ3v) is 1.91. The van der Waals surface area contributed by atoms with Crippen molar-refractivity contribution in [3.05, 3.63) is 22.7 Å². The fourth-order valence-corrected chi connectivity index (χ4v) is 1.23. The Morgan fingerprint density at radius 1 is 1.70 bits per heavy atom. The molecule has 0 unspecified atom stereocenters. The van der Waals surface area contributed by atoms with E-state index in [2.05, 4.69) is 24.1 Å². The summed E-state index contributed by atoms with van der Waals surface area (Å²) in [5.41, 5.74) is 0.